The molecule has 0 bridgehead atoms. The molecule has 16 heavy (non-hydrogen) atoms. The monoisotopic (exact) mass is 240 g/mol. The molecule has 1 aromatic carbocycles. The molecule has 0 atom stereocenters. The zero-order valence-electron chi connectivity index (χ0n) is 8.20. The fraction of sp³-hybridized carbons (Fsp3) is 0.100. The van der Waals surface area contributed by atoms with Crippen molar-refractivity contribution >= 4 is 28.6 Å². The highest BCUT2D eigenvalue weighted by Crippen LogP contribution is 2.18. The Hall–Kier alpha value is -1.75. The van der Waals surface area contributed by atoms with Crippen LogP contribution in [0.5, 0.6) is 0 Å². The molecule has 0 N–H and O–H groups in total. The summed E-state index contributed by atoms with van der Waals surface area (Å²) in [6, 6.07) is 2.43. The lowest BCUT2D eigenvalue weighted by molar-refractivity contribution is 0.0600. The van der Waals surface area contributed by atoms with Crippen LogP contribution in [0.4, 0.5) is 4.39 Å². The molecule has 2 aromatic rings. The van der Waals surface area contributed by atoms with Gasteiger partial charge in [0, 0.05) is 0 Å². The highest BCUT2D eigenvalue weighted by atomic mass is 35.5. The number of hydrogen-bond acceptors (Lipinski definition) is 4. The van der Waals surface area contributed by atoms with Gasteiger partial charge >= 0.3 is 5.97 Å². The number of nitrogens with zero attached hydrogens (tertiary/aromatic N) is 2. The minimum atomic E-state index is -0.637. The second-order valence-corrected chi connectivity index (χ2v) is 3.40. The summed E-state index contributed by atoms with van der Waals surface area (Å²) in [4.78, 5) is 18.9. The number of halogens is 2. The number of carbonyl (C=O) groups is 1. The average molecular weight is 241 g/mol. The van der Waals surface area contributed by atoms with Gasteiger partial charge in [0.15, 0.2) is 5.82 Å². The Labute approximate surface area is 95.0 Å². The van der Waals surface area contributed by atoms with E-state index in [0.29, 0.717) is 0 Å². The fourth-order valence-corrected chi connectivity index (χ4v) is 1.43. The minimum absolute atomic E-state index is 0.0667. The Morgan fingerprint density at radius 1 is 1.50 bits per heavy atom. The van der Waals surface area contributed by atoms with Gasteiger partial charge in [-0.3, -0.25) is 0 Å². The summed E-state index contributed by atoms with van der Waals surface area (Å²) < 4.78 is 18.0. The Morgan fingerprint density at radius 2 is 2.25 bits per heavy atom. The number of carbonyl (C=O) groups excluding carboxylic acids is 1. The van der Waals surface area contributed by atoms with E-state index in [1.165, 1.54) is 19.4 Å². The predicted octanol–water partition coefficient (Wildman–Crippen LogP) is 2.21. The maximum atomic E-state index is 13.5. The molecular formula is C10H6ClFN2O2. The third-order valence-electron chi connectivity index (χ3n) is 1.99. The largest absolute Gasteiger partial charge is 0.465 e. The number of fused-ring (bicyclic) bond motifs is 1. The molecule has 1 aromatic heterocycles. The van der Waals surface area contributed by atoms with Crippen molar-refractivity contribution in [3.63, 3.8) is 0 Å². The third kappa shape index (κ3) is 1.81. The van der Waals surface area contributed by atoms with Gasteiger partial charge in [0.05, 0.1) is 24.4 Å². The van der Waals surface area contributed by atoms with Crippen LogP contribution in [0.25, 0.3) is 11.0 Å². The minimum Gasteiger partial charge on any atom is -0.465 e. The fourth-order valence-electron chi connectivity index (χ4n) is 1.30. The highest BCUT2D eigenvalue weighted by molar-refractivity contribution is 6.29. The Balaban J connectivity index is 2.69. The van der Waals surface area contributed by atoms with Crippen LogP contribution in [-0.4, -0.2) is 23.0 Å². The van der Waals surface area contributed by atoms with Gasteiger partial charge in [0.2, 0.25) is 0 Å². The summed E-state index contributed by atoms with van der Waals surface area (Å²) in [5, 5.41) is 0.133. The molecule has 0 spiro atoms. The van der Waals surface area contributed by atoms with Gasteiger partial charge < -0.3 is 4.74 Å². The van der Waals surface area contributed by atoms with E-state index in [9.17, 15) is 9.18 Å². The van der Waals surface area contributed by atoms with Gasteiger partial charge in [-0.15, -0.1) is 0 Å². The Kier molecular flexibility index (Phi) is 2.70. The second-order valence-electron chi connectivity index (χ2n) is 3.01. The van der Waals surface area contributed by atoms with E-state index in [2.05, 4.69) is 14.7 Å². The van der Waals surface area contributed by atoms with Crippen molar-refractivity contribution in [1.29, 1.82) is 0 Å². The molecule has 0 aliphatic heterocycles. The number of benzene rings is 1. The lowest BCUT2D eigenvalue weighted by Gasteiger charge is -2.02. The lowest BCUT2D eigenvalue weighted by Crippen LogP contribution is -2.02. The molecular weight excluding hydrogens is 235 g/mol. The van der Waals surface area contributed by atoms with Crippen molar-refractivity contribution in [2.24, 2.45) is 0 Å². The summed E-state index contributed by atoms with van der Waals surface area (Å²) in [5.74, 6) is -1.27. The van der Waals surface area contributed by atoms with Gasteiger partial charge in [-0.1, -0.05) is 11.6 Å². The van der Waals surface area contributed by atoms with Crippen molar-refractivity contribution in [2.75, 3.05) is 7.11 Å². The van der Waals surface area contributed by atoms with Crippen LogP contribution < -0.4 is 0 Å². The molecule has 0 saturated carbocycles. The number of aromatic nitrogens is 2. The molecule has 1 heterocycles. The zero-order chi connectivity index (χ0) is 11.7. The van der Waals surface area contributed by atoms with Crippen molar-refractivity contribution < 1.29 is 13.9 Å². The zero-order valence-corrected chi connectivity index (χ0v) is 8.95. The molecule has 0 saturated heterocycles. The molecule has 0 aliphatic rings. The normalized spacial score (nSPS) is 10.4. The Morgan fingerprint density at radius 3 is 2.94 bits per heavy atom. The van der Waals surface area contributed by atoms with Crippen molar-refractivity contribution in [2.45, 2.75) is 0 Å². The van der Waals surface area contributed by atoms with Crippen LogP contribution in [0.1, 0.15) is 10.4 Å². The Bertz CT molecular complexity index is 574. The third-order valence-corrected chi connectivity index (χ3v) is 2.17. The van der Waals surface area contributed by atoms with Crippen molar-refractivity contribution in [3.8, 4) is 0 Å². The van der Waals surface area contributed by atoms with Gasteiger partial charge in [-0.25, -0.2) is 19.2 Å². The number of esters is 1. The van der Waals surface area contributed by atoms with Crippen LogP contribution in [0.2, 0.25) is 5.15 Å². The molecule has 0 aliphatic carbocycles. The maximum Gasteiger partial charge on any atom is 0.338 e. The smallest absolute Gasteiger partial charge is 0.338 e. The van der Waals surface area contributed by atoms with E-state index in [1.807, 2.05) is 0 Å². The van der Waals surface area contributed by atoms with Crippen LogP contribution >= 0.6 is 11.6 Å². The van der Waals surface area contributed by atoms with E-state index >= 15 is 0 Å². The van der Waals surface area contributed by atoms with Crippen LogP contribution in [0.3, 0.4) is 0 Å². The van der Waals surface area contributed by atoms with Crippen LogP contribution in [-0.2, 0) is 4.74 Å². The lowest BCUT2D eigenvalue weighted by atomic mass is 10.2. The number of ether oxygens (including phenoxy) is 1. The first-order valence-corrected chi connectivity index (χ1v) is 4.69. The second kappa shape index (κ2) is 4.02. The number of hydrogen-bond donors (Lipinski definition) is 0. The van der Waals surface area contributed by atoms with Crippen molar-refractivity contribution in [3.05, 3.63) is 34.9 Å². The van der Waals surface area contributed by atoms with Gasteiger partial charge in [0.25, 0.3) is 0 Å². The molecule has 2 rings (SSSR count). The summed E-state index contributed by atoms with van der Waals surface area (Å²) in [5.41, 5.74) is 0.356. The van der Waals surface area contributed by atoms with Gasteiger partial charge in [-0.05, 0) is 12.1 Å². The molecule has 0 unspecified atom stereocenters. The molecule has 82 valence electrons. The van der Waals surface area contributed by atoms with E-state index in [4.69, 9.17) is 11.6 Å². The van der Waals surface area contributed by atoms with E-state index < -0.39 is 11.8 Å². The number of rotatable bonds is 1. The topological polar surface area (TPSA) is 52.1 Å². The first kappa shape index (κ1) is 10.8. The SMILES string of the molecule is COC(=O)c1cc(F)c2ncc(Cl)nc2c1. The van der Waals surface area contributed by atoms with Gasteiger partial charge in [-0.2, -0.15) is 0 Å². The summed E-state index contributed by atoms with van der Waals surface area (Å²) in [6.45, 7) is 0. The molecule has 0 radical (unpaired) electrons. The average Bonchev–Trinajstić information content (AvgIpc) is 2.27. The summed E-state index contributed by atoms with van der Waals surface area (Å²) >= 11 is 5.62. The van der Waals surface area contributed by atoms with Crippen LogP contribution in [0, 0.1) is 5.82 Å². The highest BCUT2D eigenvalue weighted by Gasteiger charge is 2.12. The van der Waals surface area contributed by atoms with E-state index in [1.54, 1.807) is 0 Å². The first-order chi connectivity index (χ1) is 7.61. The predicted molar refractivity (Wildman–Crippen MR) is 55.8 cm³/mol. The van der Waals surface area contributed by atoms with Crippen LogP contribution in [0.15, 0.2) is 18.3 Å². The molecule has 0 amide bonds. The molecule has 6 heteroatoms. The van der Waals surface area contributed by atoms with Crippen molar-refractivity contribution in [1.82, 2.24) is 9.97 Å². The van der Waals surface area contributed by atoms with E-state index in [-0.39, 0.29) is 21.7 Å². The first-order valence-electron chi connectivity index (χ1n) is 4.32. The quantitative estimate of drug-likeness (QED) is 0.717. The molecule has 4 nitrogen and oxygen atoms in total. The number of methoxy groups -OCH3 is 1. The summed E-state index contributed by atoms with van der Waals surface area (Å²) in [7, 11) is 1.22. The molecule has 0 fully saturated rings. The standard InChI is InChI=1S/C10H6ClFN2O2/c1-16-10(15)5-2-6(12)9-7(3-5)14-8(11)4-13-9/h2-4H,1H3. The van der Waals surface area contributed by atoms with Gasteiger partial charge in [0.1, 0.15) is 10.7 Å². The summed E-state index contributed by atoms with van der Waals surface area (Å²) in [6.07, 6.45) is 1.24. The van der Waals surface area contributed by atoms with E-state index in [0.717, 1.165) is 6.07 Å². The maximum absolute atomic E-state index is 13.5.